The average molecular weight is 649 g/mol. The Bertz CT molecular complexity index is 1510. The second-order valence-electron chi connectivity index (χ2n) is 11.2. The number of hydrogen-bond donors (Lipinski definition) is 6. The van der Waals surface area contributed by atoms with E-state index >= 15 is 0 Å². The van der Waals surface area contributed by atoms with Crippen molar-refractivity contribution in [3.8, 4) is 35.0 Å². The number of phenols is 1. The number of nitrogens with one attached hydrogen (secondary N) is 1. The summed E-state index contributed by atoms with van der Waals surface area (Å²) in [5.74, 6) is -0.275. The first-order valence-corrected chi connectivity index (χ1v) is 15.1. The van der Waals surface area contributed by atoms with Gasteiger partial charge >= 0.3 is 5.97 Å². The summed E-state index contributed by atoms with van der Waals surface area (Å²) in [7, 11) is 1.12. The number of ether oxygens (including phenoxy) is 4. The number of rotatable bonds is 14. The summed E-state index contributed by atoms with van der Waals surface area (Å²) in [6.07, 6.45) is -0.829. The van der Waals surface area contributed by atoms with Crippen LogP contribution in [0, 0.1) is 12.3 Å². The molecule has 47 heavy (non-hydrogen) atoms. The van der Waals surface area contributed by atoms with Crippen molar-refractivity contribution < 1.29 is 49.0 Å². The number of aromatic hydroxyl groups is 1. The maximum absolute atomic E-state index is 12.9. The molecule has 0 unspecified atom stereocenters. The van der Waals surface area contributed by atoms with Gasteiger partial charge in [0.15, 0.2) is 0 Å². The molecule has 1 fully saturated rings. The van der Waals surface area contributed by atoms with Crippen molar-refractivity contribution in [2.75, 3.05) is 20.3 Å². The van der Waals surface area contributed by atoms with Gasteiger partial charge in [-0.3, -0.25) is 4.79 Å². The summed E-state index contributed by atoms with van der Waals surface area (Å²) in [4.78, 5) is 25.6. The lowest BCUT2D eigenvalue weighted by molar-refractivity contribution is -0.313. The molecule has 12 heteroatoms. The van der Waals surface area contributed by atoms with E-state index in [9.17, 15) is 30.0 Å². The van der Waals surface area contributed by atoms with Crippen LogP contribution in [-0.2, 0) is 36.8 Å². The number of aliphatic hydroxyl groups is 3. The molecule has 0 aromatic heterocycles. The topological polar surface area (TPSA) is 190 Å². The van der Waals surface area contributed by atoms with Gasteiger partial charge in [-0.15, -0.1) is 12.3 Å². The van der Waals surface area contributed by atoms with E-state index < -0.39 is 54.5 Å². The molecule has 3 aromatic carbocycles. The highest BCUT2D eigenvalue weighted by Crippen LogP contribution is 2.34. The first-order chi connectivity index (χ1) is 22.5. The molecule has 0 aliphatic carbocycles. The van der Waals surface area contributed by atoms with Crippen molar-refractivity contribution in [3.63, 3.8) is 0 Å². The minimum Gasteiger partial charge on any atom is -0.508 e. The first kappa shape index (κ1) is 35.4. The van der Waals surface area contributed by atoms with E-state index in [0.29, 0.717) is 29.9 Å². The molecule has 0 bridgehead atoms. The van der Waals surface area contributed by atoms with Gasteiger partial charge in [-0.05, 0) is 46.5 Å². The van der Waals surface area contributed by atoms with Gasteiger partial charge < -0.3 is 50.4 Å². The Kier molecular flexibility index (Phi) is 12.3. The third-order valence-corrected chi connectivity index (χ3v) is 7.79. The first-order valence-electron chi connectivity index (χ1n) is 15.1. The van der Waals surface area contributed by atoms with E-state index in [0.717, 1.165) is 18.2 Å². The highest BCUT2D eigenvalue weighted by molar-refractivity contribution is 5.79. The predicted octanol–water partition coefficient (Wildman–Crippen LogP) is 1.41. The van der Waals surface area contributed by atoms with Crippen LogP contribution >= 0.6 is 0 Å². The molecule has 1 aliphatic rings. The molecule has 1 amide bonds. The van der Waals surface area contributed by atoms with E-state index in [4.69, 9.17) is 31.1 Å². The lowest BCUT2D eigenvalue weighted by atomic mass is 9.89. The minimum absolute atomic E-state index is 0.00807. The van der Waals surface area contributed by atoms with Crippen LogP contribution in [-0.4, -0.2) is 88.8 Å². The van der Waals surface area contributed by atoms with Gasteiger partial charge in [-0.1, -0.05) is 48.5 Å². The van der Waals surface area contributed by atoms with Crippen LogP contribution in [0.2, 0.25) is 0 Å². The summed E-state index contributed by atoms with van der Waals surface area (Å²) in [6.45, 7) is -0.144. The molecule has 3 aromatic rings. The van der Waals surface area contributed by atoms with E-state index in [1.165, 1.54) is 0 Å². The third kappa shape index (κ3) is 9.30. The number of carbonyl (C=O) groups excluding carboxylic acids is 2. The zero-order valence-corrected chi connectivity index (χ0v) is 26.0. The molecule has 0 saturated carbocycles. The number of methoxy groups -OCH3 is 1. The van der Waals surface area contributed by atoms with Crippen molar-refractivity contribution in [1.82, 2.24) is 5.32 Å². The van der Waals surface area contributed by atoms with Crippen LogP contribution in [0.3, 0.4) is 0 Å². The molecule has 0 radical (unpaired) electrons. The largest absolute Gasteiger partial charge is 0.508 e. The van der Waals surface area contributed by atoms with Crippen molar-refractivity contribution in [2.45, 2.75) is 62.1 Å². The average Bonchev–Trinajstić information content (AvgIpc) is 3.08. The Balaban J connectivity index is 1.35. The molecule has 0 spiro atoms. The van der Waals surface area contributed by atoms with Crippen LogP contribution in [0.25, 0.3) is 11.1 Å². The van der Waals surface area contributed by atoms with Gasteiger partial charge in [-0.2, -0.15) is 0 Å². The Labute approximate surface area is 273 Å². The number of esters is 1. The smallest absolute Gasteiger partial charge is 0.366 e. The molecule has 250 valence electrons. The predicted molar refractivity (Wildman–Crippen MR) is 171 cm³/mol. The van der Waals surface area contributed by atoms with Crippen molar-refractivity contribution in [2.24, 2.45) is 5.73 Å². The van der Waals surface area contributed by atoms with Gasteiger partial charge in [-0.25, -0.2) is 4.79 Å². The summed E-state index contributed by atoms with van der Waals surface area (Å²) in [6, 6.07) is 19.7. The standard InChI is InChI=1S/C35H40N2O10/c1-3-4-17-45-27-15-7-23(8-16-27)21-46-35(34(43)44-2)19-28(39)31(36)33(47-35)32(42)29(40)20-37-30(41)18-22-5-9-24(10-6-22)25-11-13-26(38)14-12-25/h1,5-16,28-29,31-33,38-40,42H,4,17-21,36H2,2H3,(H,37,41)/t28-,29+,31+,32+,33+,35+/m0/s1. The summed E-state index contributed by atoms with van der Waals surface area (Å²) in [5, 5.41) is 44.6. The minimum atomic E-state index is -2.15. The lowest BCUT2D eigenvalue weighted by Gasteiger charge is -2.45. The molecule has 6 atom stereocenters. The number of benzene rings is 3. The maximum Gasteiger partial charge on any atom is 0.366 e. The summed E-state index contributed by atoms with van der Waals surface area (Å²) in [5.41, 5.74) is 9.30. The number of hydrogen-bond acceptors (Lipinski definition) is 11. The zero-order chi connectivity index (χ0) is 34.0. The fourth-order valence-electron chi connectivity index (χ4n) is 5.10. The van der Waals surface area contributed by atoms with Gasteiger partial charge in [0.1, 0.15) is 23.7 Å². The van der Waals surface area contributed by atoms with Gasteiger partial charge in [0.2, 0.25) is 5.91 Å². The van der Waals surface area contributed by atoms with Crippen LogP contribution < -0.4 is 15.8 Å². The van der Waals surface area contributed by atoms with Gasteiger partial charge in [0, 0.05) is 19.4 Å². The lowest BCUT2D eigenvalue weighted by Crippen LogP contribution is -2.66. The number of phenolic OH excluding ortho intramolecular Hbond substituents is 1. The van der Waals surface area contributed by atoms with Gasteiger partial charge in [0.25, 0.3) is 5.79 Å². The zero-order valence-electron chi connectivity index (χ0n) is 26.0. The number of aliphatic hydroxyl groups excluding tert-OH is 3. The molecule has 1 aliphatic heterocycles. The van der Waals surface area contributed by atoms with Crippen LogP contribution in [0.5, 0.6) is 11.5 Å². The second-order valence-corrected chi connectivity index (χ2v) is 11.2. The Morgan fingerprint density at radius 1 is 1.04 bits per heavy atom. The van der Waals surface area contributed by atoms with Crippen LogP contribution in [0.15, 0.2) is 72.8 Å². The second kappa shape index (κ2) is 16.4. The van der Waals surface area contributed by atoms with Crippen LogP contribution in [0.1, 0.15) is 24.0 Å². The van der Waals surface area contributed by atoms with Gasteiger partial charge in [0.05, 0.1) is 45.0 Å². The fraction of sp³-hybridized carbons (Fsp3) is 0.371. The van der Waals surface area contributed by atoms with E-state index in [1.54, 1.807) is 60.7 Å². The quantitative estimate of drug-likeness (QED) is 0.0842. The Morgan fingerprint density at radius 3 is 2.28 bits per heavy atom. The molecular formula is C35H40N2O10. The monoisotopic (exact) mass is 648 g/mol. The molecule has 1 heterocycles. The van der Waals surface area contributed by atoms with E-state index in [-0.39, 0.29) is 25.3 Å². The normalized spacial score (nSPS) is 22.0. The molecule has 12 nitrogen and oxygen atoms in total. The molecule has 7 N–H and O–H groups in total. The highest BCUT2D eigenvalue weighted by atomic mass is 16.7. The summed E-state index contributed by atoms with van der Waals surface area (Å²) >= 11 is 0. The Hall–Kier alpha value is -4.48. The van der Waals surface area contributed by atoms with Crippen molar-refractivity contribution in [1.29, 1.82) is 0 Å². The number of terminal acetylenes is 1. The molecule has 1 saturated heterocycles. The SMILES string of the molecule is C#CCCOc1ccc(CO[C@]2(C(=O)OC)C[C@H](O)[C@@H](N)[C@H]([C@H](O)[C@H](O)CNC(=O)Cc3ccc(-c4ccc(O)cc4)cc3)O2)cc1. The number of nitrogens with two attached hydrogens (primary N) is 1. The maximum atomic E-state index is 12.9. The molecule has 4 rings (SSSR count). The van der Waals surface area contributed by atoms with Crippen molar-refractivity contribution >= 4 is 11.9 Å². The third-order valence-electron chi connectivity index (χ3n) is 7.79. The highest BCUT2D eigenvalue weighted by Gasteiger charge is 2.55. The molecular weight excluding hydrogens is 608 g/mol. The Morgan fingerprint density at radius 2 is 1.66 bits per heavy atom. The number of carbonyl (C=O) groups is 2. The van der Waals surface area contributed by atoms with Crippen LogP contribution in [0.4, 0.5) is 0 Å². The van der Waals surface area contributed by atoms with Crippen molar-refractivity contribution in [3.05, 3.63) is 83.9 Å². The summed E-state index contributed by atoms with van der Waals surface area (Å²) < 4.78 is 22.2. The number of amides is 1. The fourth-order valence-corrected chi connectivity index (χ4v) is 5.10. The van der Waals surface area contributed by atoms with E-state index in [1.807, 2.05) is 12.1 Å². The van der Waals surface area contributed by atoms with E-state index in [2.05, 4.69) is 11.2 Å².